The molecule has 0 unspecified atom stereocenters. The number of carbonyl (C=O) groups is 1. The van der Waals surface area contributed by atoms with E-state index < -0.39 is 12.3 Å². The van der Waals surface area contributed by atoms with Crippen LogP contribution in [0.1, 0.15) is 0 Å². The first-order valence-electron chi connectivity index (χ1n) is 5.55. The second-order valence-electron chi connectivity index (χ2n) is 3.08. The van der Waals surface area contributed by atoms with Crippen LogP contribution in [0.25, 0.3) is 0 Å². The normalized spacial score (nSPS) is 11.1. The van der Waals surface area contributed by atoms with Gasteiger partial charge in [0, 0.05) is 0 Å². The molecule has 0 aliphatic rings. The average Bonchev–Trinajstić information content (AvgIpc) is 2.35. The zero-order chi connectivity index (χ0) is 13.6. The minimum atomic E-state index is -1.37. The summed E-state index contributed by atoms with van der Waals surface area (Å²) in [7, 11) is 0. The fourth-order valence-corrected chi connectivity index (χ4v) is 0.952. The van der Waals surface area contributed by atoms with Crippen molar-refractivity contribution in [2.45, 2.75) is 6.29 Å². The molecule has 0 aliphatic heterocycles. The Balaban J connectivity index is 3.56. The fraction of sp³-hybridized carbons (Fsp3) is 0.900. The summed E-state index contributed by atoms with van der Waals surface area (Å²) in [4.78, 5) is 10.7. The number of aliphatic hydroxyl groups excluding tert-OH is 2. The Bertz CT molecular complexity index is 184. The van der Waals surface area contributed by atoms with Crippen molar-refractivity contribution < 1.29 is 39.1 Å². The summed E-state index contributed by atoms with van der Waals surface area (Å²) >= 11 is 0. The predicted molar refractivity (Wildman–Crippen MR) is 59.1 cm³/mol. The van der Waals surface area contributed by atoms with E-state index in [4.69, 9.17) is 34.3 Å². The Hall–Kier alpha value is -0.770. The van der Waals surface area contributed by atoms with Gasteiger partial charge in [-0.2, -0.15) is 0 Å². The molecule has 18 heavy (non-hydrogen) atoms. The summed E-state index contributed by atoms with van der Waals surface area (Å²) in [6.07, 6.45) is -1.37. The quantitative estimate of drug-likeness (QED) is 0.271. The number of rotatable bonds is 13. The van der Waals surface area contributed by atoms with Crippen LogP contribution in [0, 0.1) is 0 Å². The Morgan fingerprint density at radius 2 is 1.28 bits per heavy atom. The van der Waals surface area contributed by atoms with Gasteiger partial charge in [-0.25, -0.2) is 4.79 Å². The zero-order valence-electron chi connectivity index (χ0n) is 10.1. The third kappa shape index (κ3) is 10.4. The highest BCUT2D eigenvalue weighted by molar-refractivity contribution is 5.70. The molecule has 108 valence electrons. The predicted octanol–water partition coefficient (Wildman–Crippen LogP) is -1.55. The van der Waals surface area contributed by atoms with Gasteiger partial charge >= 0.3 is 5.97 Å². The Morgan fingerprint density at radius 1 is 0.833 bits per heavy atom. The molecule has 0 saturated heterocycles. The molecule has 0 bridgehead atoms. The number of carboxylic acids is 1. The zero-order valence-corrected chi connectivity index (χ0v) is 10.1. The van der Waals surface area contributed by atoms with Gasteiger partial charge in [0.25, 0.3) is 6.29 Å². The first-order chi connectivity index (χ1) is 8.72. The molecule has 0 aliphatic carbocycles. The van der Waals surface area contributed by atoms with Crippen molar-refractivity contribution in [3.63, 3.8) is 0 Å². The molecule has 3 N–H and O–H groups in total. The molecule has 0 heterocycles. The van der Waals surface area contributed by atoms with Crippen molar-refractivity contribution in [1.29, 1.82) is 0 Å². The maximum atomic E-state index is 10.7. The molecule has 0 aromatic rings. The van der Waals surface area contributed by atoms with Crippen molar-refractivity contribution in [3.8, 4) is 0 Å². The van der Waals surface area contributed by atoms with Crippen molar-refractivity contribution in [1.82, 2.24) is 0 Å². The SMILES string of the molecule is O=C(O)C(OCCOCCO)OCCOCCO. The average molecular weight is 268 g/mol. The van der Waals surface area contributed by atoms with Crippen LogP contribution >= 0.6 is 0 Å². The highest BCUT2D eigenvalue weighted by Crippen LogP contribution is 1.96. The molecule has 0 rings (SSSR count). The van der Waals surface area contributed by atoms with E-state index in [9.17, 15) is 4.79 Å². The minimum Gasteiger partial charge on any atom is -0.477 e. The van der Waals surface area contributed by atoms with Gasteiger partial charge in [-0.1, -0.05) is 0 Å². The van der Waals surface area contributed by atoms with Gasteiger partial charge in [-0.3, -0.25) is 0 Å². The smallest absolute Gasteiger partial charge is 0.361 e. The summed E-state index contributed by atoms with van der Waals surface area (Å²) in [5.74, 6) is -1.24. The van der Waals surface area contributed by atoms with Gasteiger partial charge in [-0.15, -0.1) is 0 Å². The van der Waals surface area contributed by atoms with Crippen molar-refractivity contribution in [2.75, 3.05) is 52.9 Å². The van der Waals surface area contributed by atoms with Crippen molar-refractivity contribution in [2.24, 2.45) is 0 Å². The molecular weight excluding hydrogens is 248 g/mol. The number of ether oxygens (including phenoxy) is 4. The lowest BCUT2D eigenvalue weighted by Crippen LogP contribution is -2.30. The number of hydrogen-bond donors (Lipinski definition) is 3. The largest absolute Gasteiger partial charge is 0.477 e. The molecule has 0 atom stereocenters. The molecule has 0 spiro atoms. The van der Waals surface area contributed by atoms with E-state index in [-0.39, 0.29) is 52.9 Å². The highest BCUT2D eigenvalue weighted by atomic mass is 16.7. The highest BCUT2D eigenvalue weighted by Gasteiger charge is 2.18. The Kier molecular flexibility index (Phi) is 12.1. The van der Waals surface area contributed by atoms with Crippen LogP contribution in [0.15, 0.2) is 0 Å². The molecular formula is C10H20O8. The lowest BCUT2D eigenvalue weighted by atomic mass is 10.6. The third-order valence-corrected chi connectivity index (χ3v) is 1.67. The summed E-state index contributed by atoms with van der Waals surface area (Å²) in [5.41, 5.74) is 0. The monoisotopic (exact) mass is 268 g/mol. The van der Waals surface area contributed by atoms with Crippen LogP contribution in [0.2, 0.25) is 0 Å². The van der Waals surface area contributed by atoms with Crippen LogP contribution in [0.3, 0.4) is 0 Å². The van der Waals surface area contributed by atoms with Gasteiger partial charge in [0.15, 0.2) is 0 Å². The Morgan fingerprint density at radius 3 is 1.61 bits per heavy atom. The first-order valence-corrected chi connectivity index (χ1v) is 5.55. The van der Waals surface area contributed by atoms with Crippen LogP contribution in [0.5, 0.6) is 0 Å². The number of carboxylic acid groups (broad SMARTS) is 1. The summed E-state index contributed by atoms with van der Waals surface area (Å²) in [6.45, 7) is 0.613. The van der Waals surface area contributed by atoms with Crippen LogP contribution in [-0.2, 0) is 23.7 Å². The molecule has 0 aromatic heterocycles. The molecule has 0 saturated carbocycles. The van der Waals surface area contributed by atoms with Crippen molar-refractivity contribution >= 4 is 5.97 Å². The summed E-state index contributed by atoms with van der Waals surface area (Å²) in [5, 5.41) is 25.6. The standard InChI is InChI=1S/C10H20O8/c11-1-3-15-5-7-17-10(9(13)14)18-8-6-16-4-2-12/h10-12H,1-8H2,(H,13,14). The molecule has 8 heteroatoms. The fourth-order valence-electron chi connectivity index (χ4n) is 0.952. The number of aliphatic carboxylic acids is 1. The van der Waals surface area contributed by atoms with E-state index in [1.54, 1.807) is 0 Å². The van der Waals surface area contributed by atoms with Gasteiger partial charge in [0.05, 0.1) is 52.9 Å². The maximum Gasteiger partial charge on any atom is 0.361 e. The van der Waals surface area contributed by atoms with Gasteiger partial charge < -0.3 is 34.3 Å². The molecule has 8 nitrogen and oxygen atoms in total. The van der Waals surface area contributed by atoms with E-state index >= 15 is 0 Å². The van der Waals surface area contributed by atoms with E-state index in [0.29, 0.717) is 0 Å². The van der Waals surface area contributed by atoms with E-state index in [0.717, 1.165) is 0 Å². The molecule has 0 amide bonds. The van der Waals surface area contributed by atoms with Crippen molar-refractivity contribution in [3.05, 3.63) is 0 Å². The second-order valence-corrected chi connectivity index (χ2v) is 3.08. The molecule has 0 radical (unpaired) electrons. The third-order valence-electron chi connectivity index (χ3n) is 1.67. The second kappa shape index (κ2) is 12.7. The summed E-state index contributed by atoms with van der Waals surface area (Å²) < 4.78 is 19.6. The van der Waals surface area contributed by atoms with Gasteiger partial charge in [-0.05, 0) is 0 Å². The van der Waals surface area contributed by atoms with E-state index in [1.807, 2.05) is 0 Å². The summed E-state index contributed by atoms with van der Waals surface area (Å²) in [6, 6.07) is 0. The Labute approximate surface area is 105 Å². The van der Waals surface area contributed by atoms with Crippen LogP contribution < -0.4 is 0 Å². The van der Waals surface area contributed by atoms with E-state index in [1.165, 1.54) is 0 Å². The van der Waals surface area contributed by atoms with Gasteiger partial charge in [0.1, 0.15) is 0 Å². The van der Waals surface area contributed by atoms with Gasteiger partial charge in [0.2, 0.25) is 0 Å². The molecule has 0 fully saturated rings. The molecule has 0 aromatic carbocycles. The number of hydrogen-bond acceptors (Lipinski definition) is 7. The van der Waals surface area contributed by atoms with Crippen LogP contribution in [-0.4, -0.2) is 80.4 Å². The lowest BCUT2D eigenvalue weighted by Gasteiger charge is -2.14. The van der Waals surface area contributed by atoms with Crippen LogP contribution in [0.4, 0.5) is 0 Å². The minimum absolute atomic E-state index is 0.0501. The first kappa shape index (κ1) is 17.2. The van der Waals surface area contributed by atoms with E-state index in [2.05, 4.69) is 0 Å². The number of aliphatic hydroxyl groups is 2. The topological polar surface area (TPSA) is 115 Å². The maximum absolute atomic E-state index is 10.7. The lowest BCUT2D eigenvalue weighted by molar-refractivity contribution is -0.194.